The maximum atomic E-state index is 12.4. The van der Waals surface area contributed by atoms with Crippen LogP contribution in [-0.4, -0.2) is 83.1 Å². The van der Waals surface area contributed by atoms with Crippen molar-refractivity contribution in [2.24, 2.45) is 16.3 Å². The number of methoxy groups -OCH3 is 1. The number of nitrogens with two attached hydrogens (primary N) is 1. The van der Waals surface area contributed by atoms with Crippen LogP contribution in [0.1, 0.15) is 25.8 Å². The van der Waals surface area contributed by atoms with E-state index in [9.17, 15) is 14.5 Å². The molecular weight excluding hydrogens is 426 g/mol. The van der Waals surface area contributed by atoms with Crippen molar-refractivity contribution in [2.45, 2.75) is 32.9 Å². The van der Waals surface area contributed by atoms with Gasteiger partial charge in [0.2, 0.25) is 5.91 Å². The van der Waals surface area contributed by atoms with E-state index < -0.39 is 11.6 Å². The van der Waals surface area contributed by atoms with Crippen molar-refractivity contribution in [2.75, 3.05) is 60.6 Å². The van der Waals surface area contributed by atoms with E-state index >= 15 is 0 Å². The van der Waals surface area contributed by atoms with E-state index in [0.29, 0.717) is 62.5 Å². The number of likely N-dealkylation sites (N-methyl/N-ethyl adjacent to an activating group) is 1. The molecule has 0 heterocycles. The quantitative estimate of drug-likeness (QED) is 0.189. The number of carbonyl (C=O) groups is 2. The molecule has 0 fully saturated rings. The lowest BCUT2D eigenvalue weighted by molar-refractivity contribution is -0.881. The first-order chi connectivity index (χ1) is 15.5. The van der Waals surface area contributed by atoms with Gasteiger partial charge in [-0.05, 0) is 24.1 Å². The van der Waals surface area contributed by atoms with E-state index in [4.69, 9.17) is 15.2 Å². The smallest absolute Gasteiger partial charge is 0.275 e. The van der Waals surface area contributed by atoms with Gasteiger partial charge in [-0.25, -0.2) is 0 Å². The van der Waals surface area contributed by atoms with E-state index in [1.54, 1.807) is 19.2 Å². The Balaban J connectivity index is 2.28. The van der Waals surface area contributed by atoms with Crippen LogP contribution in [0, 0.1) is 10.3 Å². The molecule has 0 spiro atoms. The Morgan fingerprint density at radius 2 is 1.79 bits per heavy atom. The van der Waals surface area contributed by atoms with E-state index in [1.807, 2.05) is 40.1 Å². The van der Waals surface area contributed by atoms with E-state index in [2.05, 4.69) is 15.8 Å². The molecule has 0 bridgehead atoms. The average molecular weight is 467 g/mol. The molecular formula is C23H40N5O5+. The fourth-order valence-corrected chi connectivity index (χ4v) is 3.07. The fraction of sp³-hybridized carbons (Fsp3) is 0.652. The number of carbonyl (C=O) groups excluding carboxylic acids is 2. The van der Waals surface area contributed by atoms with Crippen LogP contribution in [0.3, 0.4) is 0 Å². The molecule has 10 nitrogen and oxygen atoms in total. The third kappa shape index (κ3) is 11.7. The lowest BCUT2D eigenvalue weighted by atomic mass is 9.88. The number of nitroso groups, excluding NO2 is 1. The number of amides is 2. The molecule has 1 unspecified atom stereocenters. The number of nitrogens with zero attached hydrogens (tertiary/aromatic N) is 2. The van der Waals surface area contributed by atoms with Crippen molar-refractivity contribution in [3.8, 4) is 5.75 Å². The van der Waals surface area contributed by atoms with Crippen LogP contribution in [-0.2, 0) is 20.7 Å². The summed E-state index contributed by atoms with van der Waals surface area (Å²) < 4.78 is 11.1. The largest absolute Gasteiger partial charge is 0.492 e. The summed E-state index contributed by atoms with van der Waals surface area (Å²) in [5.41, 5.74) is 5.92. The second-order valence-corrected chi connectivity index (χ2v) is 9.42. The van der Waals surface area contributed by atoms with Crippen molar-refractivity contribution in [3.05, 3.63) is 34.7 Å². The summed E-state index contributed by atoms with van der Waals surface area (Å²) in [7, 11) is 5.52. The molecule has 0 aliphatic carbocycles. The number of quaternary nitrogens is 1. The predicted molar refractivity (Wildman–Crippen MR) is 128 cm³/mol. The van der Waals surface area contributed by atoms with Crippen LogP contribution in [0.25, 0.3) is 0 Å². The van der Waals surface area contributed by atoms with Gasteiger partial charge in [-0.15, -0.1) is 4.91 Å². The van der Waals surface area contributed by atoms with Gasteiger partial charge in [-0.2, -0.15) is 0 Å². The van der Waals surface area contributed by atoms with Crippen molar-refractivity contribution in [1.29, 1.82) is 0 Å². The van der Waals surface area contributed by atoms with Gasteiger partial charge in [0.15, 0.2) is 6.54 Å². The van der Waals surface area contributed by atoms with E-state index in [1.165, 1.54) is 0 Å². The van der Waals surface area contributed by atoms with E-state index in [-0.39, 0.29) is 11.8 Å². The summed E-state index contributed by atoms with van der Waals surface area (Å²) in [6.07, 6.45) is 0.274. The van der Waals surface area contributed by atoms with Crippen LogP contribution in [0.4, 0.5) is 0 Å². The summed E-state index contributed by atoms with van der Waals surface area (Å²) in [5.74, 6) is 0.569. The Hall–Kier alpha value is -2.56. The molecule has 33 heavy (non-hydrogen) atoms. The fourth-order valence-electron chi connectivity index (χ4n) is 3.07. The molecule has 1 atom stereocenters. The van der Waals surface area contributed by atoms with Gasteiger partial charge in [0.1, 0.15) is 18.5 Å². The summed E-state index contributed by atoms with van der Waals surface area (Å²) in [4.78, 5) is 35.0. The van der Waals surface area contributed by atoms with Gasteiger partial charge in [-0.1, -0.05) is 31.2 Å². The molecule has 0 aromatic heterocycles. The monoisotopic (exact) mass is 466 g/mol. The zero-order valence-electron chi connectivity index (χ0n) is 20.6. The summed E-state index contributed by atoms with van der Waals surface area (Å²) >= 11 is 0. The molecule has 0 saturated carbocycles. The van der Waals surface area contributed by atoms with Crippen LogP contribution in [0.2, 0.25) is 0 Å². The number of rotatable bonds is 16. The van der Waals surface area contributed by atoms with Crippen molar-refractivity contribution in [3.63, 3.8) is 0 Å². The SMILES string of the molecule is COCCC(C)(C)C(=O)NCC[N+](C)(C)CC(=O)NCCOc1ccc(CC(N)N=O)cc1. The molecule has 2 amide bonds. The van der Waals surface area contributed by atoms with Gasteiger partial charge in [-0.3, -0.25) is 9.59 Å². The zero-order valence-corrected chi connectivity index (χ0v) is 20.6. The normalized spacial score (nSPS) is 12.7. The molecule has 10 heteroatoms. The first kappa shape index (κ1) is 28.5. The highest BCUT2D eigenvalue weighted by atomic mass is 16.5. The lowest BCUT2D eigenvalue weighted by Crippen LogP contribution is -2.52. The van der Waals surface area contributed by atoms with Crippen LogP contribution < -0.4 is 21.1 Å². The van der Waals surface area contributed by atoms with Crippen molar-refractivity contribution >= 4 is 11.8 Å². The summed E-state index contributed by atoms with van der Waals surface area (Å²) in [6, 6.07) is 7.24. The summed E-state index contributed by atoms with van der Waals surface area (Å²) in [5, 5.41) is 8.60. The second-order valence-electron chi connectivity index (χ2n) is 9.42. The standard InChI is InChI=1S/C23H39N5O5/c1-23(2,10-14-32-5)22(30)26-11-13-28(3,4)17-21(29)25-12-15-33-19-8-6-18(7-9-19)16-20(24)27-31/h6-9,20H,10-17,24H2,1-5H3,(H-,25,26,29,30)/p+1. The Morgan fingerprint density at radius 1 is 1.12 bits per heavy atom. The topological polar surface area (TPSA) is 132 Å². The first-order valence-corrected chi connectivity index (χ1v) is 11.1. The molecule has 1 rings (SSSR count). The van der Waals surface area contributed by atoms with Gasteiger partial charge < -0.3 is 30.3 Å². The van der Waals surface area contributed by atoms with Gasteiger partial charge in [0.05, 0.1) is 33.7 Å². The lowest BCUT2D eigenvalue weighted by Gasteiger charge is -2.30. The number of hydrogen-bond acceptors (Lipinski definition) is 7. The molecule has 4 N–H and O–H groups in total. The molecule has 0 saturated heterocycles. The van der Waals surface area contributed by atoms with Crippen molar-refractivity contribution in [1.82, 2.24) is 10.6 Å². The Labute approximate surface area is 196 Å². The van der Waals surface area contributed by atoms with Crippen LogP contribution in [0.5, 0.6) is 5.75 Å². The second kappa shape index (κ2) is 13.9. The van der Waals surface area contributed by atoms with Gasteiger partial charge >= 0.3 is 0 Å². The highest BCUT2D eigenvalue weighted by Gasteiger charge is 2.28. The molecule has 1 aromatic carbocycles. The molecule has 0 aliphatic rings. The molecule has 0 radical (unpaired) electrons. The number of hydrogen-bond donors (Lipinski definition) is 3. The summed E-state index contributed by atoms with van der Waals surface area (Å²) in [6.45, 7) is 6.45. The Bertz CT molecular complexity index is 752. The number of nitrogens with one attached hydrogen (secondary N) is 2. The van der Waals surface area contributed by atoms with Crippen molar-refractivity contribution < 1.29 is 23.5 Å². The van der Waals surface area contributed by atoms with Crippen LogP contribution >= 0.6 is 0 Å². The number of ether oxygens (including phenoxy) is 2. The van der Waals surface area contributed by atoms with Gasteiger partial charge in [0.25, 0.3) is 5.91 Å². The van der Waals surface area contributed by atoms with Crippen LogP contribution in [0.15, 0.2) is 29.4 Å². The Kier molecular flexibility index (Phi) is 12.0. The number of benzene rings is 1. The minimum absolute atomic E-state index is 0.0163. The predicted octanol–water partition coefficient (Wildman–Crippen LogP) is 1.03. The third-order valence-electron chi connectivity index (χ3n) is 5.32. The average Bonchev–Trinajstić information content (AvgIpc) is 2.75. The highest BCUT2D eigenvalue weighted by Crippen LogP contribution is 2.20. The van der Waals surface area contributed by atoms with E-state index in [0.717, 1.165) is 5.56 Å². The molecule has 0 aliphatic heterocycles. The maximum Gasteiger partial charge on any atom is 0.275 e. The molecule has 1 aromatic rings. The minimum Gasteiger partial charge on any atom is -0.492 e. The maximum absolute atomic E-state index is 12.4. The third-order valence-corrected chi connectivity index (χ3v) is 5.32. The Morgan fingerprint density at radius 3 is 2.39 bits per heavy atom. The zero-order chi connectivity index (χ0) is 24.9. The van der Waals surface area contributed by atoms with Gasteiger partial charge in [0, 0.05) is 25.6 Å². The molecule has 186 valence electrons. The minimum atomic E-state index is -0.751. The highest BCUT2D eigenvalue weighted by molar-refractivity contribution is 5.81. The first-order valence-electron chi connectivity index (χ1n) is 11.1.